The van der Waals surface area contributed by atoms with Gasteiger partial charge in [0.2, 0.25) is 10.0 Å². The van der Waals surface area contributed by atoms with E-state index in [1.807, 2.05) is 0 Å². The summed E-state index contributed by atoms with van der Waals surface area (Å²) in [5.41, 5.74) is 5.69. The number of halogens is 2. The van der Waals surface area contributed by atoms with Crippen LogP contribution < -0.4 is 10.5 Å². The first-order valence-electron chi connectivity index (χ1n) is 5.88. The van der Waals surface area contributed by atoms with Crippen LogP contribution in [-0.2, 0) is 23.5 Å². The molecule has 0 unspecified atom stereocenters. The van der Waals surface area contributed by atoms with E-state index >= 15 is 0 Å². The summed E-state index contributed by atoms with van der Waals surface area (Å²) in [6.07, 6.45) is 1.85. The Hall–Kier alpha value is -1.52. The molecule has 0 spiro atoms. The summed E-state index contributed by atoms with van der Waals surface area (Å²) in [7, 11) is -2.25. The highest BCUT2D eigenvalue weighted by molar-refractivity contribution is 9.10. The number of aromatic nitrogens is 3. The fourth-order valence-corrected chi connectivity index (χ4v) is 3.46. The Bertz CT molecular complexity index is 762. The number of benzene rings is 1. The molecule has 2 aromatic rings. The molecule has 0 aliphatic carbocycles. The van der Waals surface area contributed by atoms with Gasteiger partial charge in [0.25, 0.3) is 0 Å². The molecule has 0 amide bonds. The summed E-state index contributed by atoms with van der Waals surface area (Å²) in [6, 6.07) is 2.37. The maximum absolute atomic E-state index is 13.9. The number of hydrogen-bond acceptors (Lipinski definition) is 5. The lowest BCUT2D eigenvalue weighted by Gasteiger charge is -2.09. The SMILES string of the molecule is Cn1cnnc1CCNS(=O)(=O)c1cc(N)cc(Br)c1F. The van der Waals surface area contributed by atoms with Crippen molar-refractivity contribution in [2.24, 2.45) is 7.05 Å². The number of anilines is 1. The zero-order valence-corrected chi connectivity index (χ0v) is 13.4. The van der Waals surface area contributed by atoms with Crippen LogP contribution in [-0.4, -0.2) is 29.7 Å². The predicted octanol–water partition coefficient (Wildman–Crippen LogP) is 0.820. The molecule has 114 valence electrons. The number of nitrogens with zero attached hydrogens (tertiary/aromatic N) is 3. The van der Waals surface area contributed by atoms with Gasteiger partial charge in [0.05, 0.1) is 4.47 Å². The second kappa shape index (κ2) is 6.08. The molecule has 0 aliphatic heterocycles. The van der Waals surface area contributed by atoms with Gasteiger partial charge in [0, 0.05) is 25.7 Å². The Morgan fingerprint density at radius 3 is 2.81 bits per heavy atom. The molecule has 1 heterocycles. The third-order valence-electron chi connectivity index (χ3n) is 2.75. The highest BCUT2D eigenvalue weighted by Crippen LogP contribution is 2.25. The summed E-state index contributed by atoms with van der Waals surface area (Å²) in [4.78, 5) is -0.493. The van der Waals surface area contributed by atoms with E-state index in [4.69, 9.17) is 5.73 Å². The summed E-state index contributed by atoms with van der Waals surface area (Å²) in [6.45, 7) is 0.0702. The average molecular weight is 378 g/mol. The van der Waals surface area contributed by atoms with E-state index in [9.17, 15) is 12.8 Å². The largest absolute Gasteiger partial charge is 0.399 e. The first-order valence-corrected chi connectivity index (χ1v) is 8.16. The van der Waals surface area contributed by atoms with Gasteiger partial charge in [-0.2, -0.15) is 0 Å². The third kappa shape index (κ3) is 3.57. The second-order valence-corrected chi connectivity index (χ2v) is 6.91. The van der Waals surface area contributed by atoms with Crippen LogP contribution >= 0.6 is 15.9 Å². The van der Waals surface area contributed by atoms with Gasteiger partial charge < -0.3 is 10.3 Å². The maximum atomic E-state index is 13.9. The normalized spacial score (nSPS) is 11.8. The van der Waals surface area contributed by atoms with Crippen molar-refractivity contribution in [3.63, 3.8) is 0 Å². The van der Waals surface area contributed by atoms with E-state index in [0.717, 1.165) is 6.07 Å². The van der Waals surface area contributed by atoms with Crippen LogP contribution in [0.4, 0.5) is 10.1 Å². The first kappa shape index (κ1) is 15.9. The highest BCUT2D eigenvalue weighted by atomic mass is 79.9. The van der Waals surface area contributed by atoms with Crippen LogP contribution in [0.5, 0.6) is 0 Å². The summed E-state index contributed by atoms with van der Waals surface area (Å²) >= 11 is 2.93. The smallest absolute Gasteiger partial charge is 0.243 e. The Morgan fingerprint density at radius 2 is 2.19 bits per heavy atom. The van der Waals surface area contributed by atoms with E-state index in [0.29, 0.717) is 12.2 Å². The Balaban J connectivity index is 2.14. The third-order valence-corrected chi connectivity index (χ3v) is 4.79. The lowest BCUT2D eigenvalue weighted by Crippen LogP contribution is -2.27. The van der Waals surface area contributed by atoms with Crippen molar-refractivity contribution in [2.75, 3.05) is 12.3 Å². The van der Waals surface area contributed by atoms with Crippen molar-refractivity contribution in [1.82, 2.24) is 19.5 Å². The van der Waals surface area contributed by atoms with Crippen LogP contribution in [0.3, 0.4) is 0 Å². The lowest BCUT2D eigenvalue weighted by molar-refractivity contribution is 0.553. The molecular weight excluding hydrogens is 365 g/mol. The second-order valence-electron chi connectivity index (χ2n) is 4.32. The van der Waals surface area contributed by atoms with Crippen molar-refractivity contribution in [3.05, 3.63) is 34.6 Å². The quantitative estimate of drug-likeness (QED) is 0.750. The summed E-state index contributed by atoms with van der Waals surface area (Å²) in [5.74, 6) is -0.262. The summed E-state index contributed by atoms with van der Waals surface area (Å²) in [5, 5.41) is 7.52. The minimum atomic E-state index is -3.99. The van der Waals surface area contributed by atoms with Crippen molar-refractivity contribution >= 4 is 31.6 Å². The van der Waals surface area contributed by atoms with E-state index < -0.39 is 20.7 Å². The Kier molecular flexibility index (Phi) is 4.59. The van der Waals surface area contributed by atoms with Crippen LogP contribution in [0, 0.1) is 5.82 Å². The fraction of sp³-hybridized carbons (Fsp3) is 0.273. The molecule has 10 heteroatoms. The number of sulfonamides is 1. The average Bonchev–Trinajstić information content (AvgIpc) is 2.79. The summed E-state index contributed by atoms with van der Waals surface area (Å²) < 4.78 is 42.1. The molecule has 0 atom stereocenters. The minimum Gasteiger partial charge on any atom is -0.399 e. The lowest BCUT2D eigenvalue weighted by atomic mass is 10.3. The number of nitrogens with one attached hydrogen (secondary N) is 1. The van der Waals surface area contributed by atoms with Gasteiger partial charge in [0.1, 0.15) is 17.0 Å². The predicted molar refractivity (Wildman–Crippen MR) is 78.4 cm³/mol. The van der Waals surface area contributed by atoms with Crippen molar-refractivity contribution in [1.29, 1.82) is 0 Å². The van der Waals surface area contributed by atoms with Gasteiger partial charge in [-0.3, -0.25) is 0 Å². The van der Waals surface area contributed by atoms with Crippen LogP contribution in [0.15, 0.2) is 27.8 Å². The number of aryl methyl sites for hydroxylation is 1. The molecule has 0 aliphatic rings. The molecule has 3 N–H and O–H groups in total. The molecule has 7 nitrogen and oxygen atoms in total. The van der Waals surface area contributed by atoms with Gasteiger partial charge in [-0.05, 0) is 28.1 Å². The van der Waals surface area contributed by atoms with Gasteiger partial charge in [0.15, 0.2) is 5.82 Å². The van der Waals surface area contributed by atoms with E-state index in [2.05, 4.69) is 30.8 Å². The number of nitrogen functional groups attached to an aromatic ring is 1. The molecule has 21 heavy (non-hydrogen) atoms. The molecule has 0 fully saturated rings. The molecule has 0 bridgehead atoms. The van der Waals surface area contributed by atoms with Crippen LogP contribution in [0.25, 0.3) is 0 Å². The van der Waals surface area contributed by atoms with Crippen molar-refractivity contribution < 1.29 is 12.8 Å². The van der Waals surface area contributed by atoms with Gasteiger partial charge in [-0.25, -0.2) is 17.5 Å². The topological polar surface area (TPSA) is 103 Å². The fourth-order valence-electron chi connectivity index (χ4n) is 1.69. The monoisotopic (exact) mass is 377 g/mol. The first-order chi connectivity index (χ1) is 9.81. The molecule has 0 saturated heterocycles. The molecule has 1 aromatic heterocycles. The number of nitrogens with two attached hydrogens (primary N) is 1. The zero-order chi connectivity index (χ0) is 15.6. The zero-order valence-electron chi connectivity index (χ0n) is 11.0. The van der Waals surface area contributed by atoms with E-state index in [1.165, 1.54) is 12.4 Å². The maximum Gasteiger partial charge on any atom is 0.243 e. The van der Waals surface area contributed by atoms with Crippen LogP contribution in [0.1, 0.15) is 5.82 Å². The Labute approximate surface area is 129 Å². The van der Waals surface area contributed by atoms with Gasteiger partial charge >= 0.3 is 0 Å². The van der Waals surface area contributed by atoms with E-state index in [1.54, 1.807) is 11.6 Å². The van der Waals surface area contributed by atoms with Crippen molar-refractivity contribution in [3.8, 4) is 0 Å². The van der Waals surface area contributed by atoms with E-state index in [-0.39, 0.29) is 16.7 Å². The van der Waals surface area contributed by atoms with Gasteiger partial charge in [-0.1, -0.05) is 0 Å². The Morgan fingerprint density at radius 1 is 1.48 bits per heavy atom. The molecule has 2 rings (SSSR count). The molecule has 1 aromatic carbocycles. The highest BCUT2D eigenvalue weighted by Gasteiger charge is 2.21. The van der Waals surface area contributed by atoms with Crippen LogP contribution in [0.2, 0.25) is 0 Å². The molecular formula is C11H13BrFN5O2S. The number of hydrogen-bond donors (Lipinski definition) is 2. The minimum absolute atomic E-state index is 0.00354. The van der Waals surface area contributed by atoms with Crippen molar-refractivity contribution in [2.45, 2.75) is 11.3 Å². The molecule has 0 radical (unpaired) electrons. The number of rotatable bonds is 5. The van der Waals surface area contributed by atoms with Gasteiger partial charge in [-0.15, -0.1) is 10.2 Å². The molecule has 0 saturated carbocycles. The standard InChI is InChI=1S/C11H13BrFN5O2S/c1-18-6-15-17-10(18)2-3-16-21(19,20)9-5-7(14)4-8(12)11(9)13/h4-6,16H,2-3,14H2,1H3.